The summed E-state index contributed by atoms with van der Waals surface area (Å²) in [5.74, 6) is 0. The predicted molar refractivity (Wildman–Crippen MR) is 55.6 cm³/mol. The molecule has 1 rings (SSSR count). The Morgan fingerprint density at radius 2 is 2.08 bits per heavy atom. The molecule has 0 saturated carbocycles. The van der Waals surface area contributed by atoms with Gasteiger partial charge in [0.1, 0.15) is 0 Å². The van der Waals surface area contributed by atoms with E-state index in [1.165, 1.54) is 0 Å². The zero-order valence-electron chi connectivity index (χ0n) is 8.43. The standard InChI is InChI=1S/C9H15BrN2O/c1-6-8(10)7(12(4)11-6)5-9(2,3)13/h13H,5H2,1-4H3. The van der Waals surface area contributed by atoms with Crippen LogP contribution in [0.5, 0.6) is 0 Å². The van der Waals surface area contributed by atoms with Crippen LogP contribution in [0.25, 0.3) is 0 Å². The highest BCUT2D eigenvalue weighted by Crippen LogP contribution is 2.23. The van der Waals surface area contributed by atoms with Crippen LogP contribution in [0.4, 0.5) is 0 Å². The molecule has 0 saturated heterocycles. The molecule has 3 nitrogen and oxygen atoms in total. The fourth-order valence-corrected chi connectivity index (χ4v) is 1.76. The van der Waals surface area contributed by atoms with E-state index in [0.29, 0.717) is 6.42 Å². The minimum absolute atomic E-state index is 0.602. The maximum absolute atomic E-state index is 9.67. The van der Waals surface area contributed by atoms with Crippen LogP contribution < -0.4 is 0 Å². The first-order chi connectivity index (χ1) is 5.81. The summed E-state index contributed by atoms with van der Waals surface area (Å²) < 4.78 is 2.80. The van der Waals surface area contributed by atoms with Crippen LogP contribution in [0.2, 0.25) is 0 Å². The normalized spacial score (nSPS) is 12.2. The molecule has 0 spiro atoms. The fraction of sp³-hybridized carbons (Fsp3) is 0.667. The van der Waals surface area contributed by atoms with Gasteiger partial charge in [-0.2, -0.15) is 5.10 Å². The molecule has 0 aliphatic heterocycles. The first-order valence-electron chi connectivity index (χ1n) is 4.21. The molecule has 1 heterocycles. The Hall–Kier alpha value is -0.350. The van der Waals surface area contributed by atoms with E-state index in [4.69, 9.17) is 0 Å². The maximum atomic E-state index is 9.67. The molecule has 0 amide bonds. The molecule has 0 atom stereocenters. The summed E-state index contributed by atoms with van der Waals surface area (Å²) in [6.45, 7) is 5.53. The van der Waals surface area contributed by atoms with E-state index in [9.17, 15) is 5.11 Å². The van der Waals surface area contributed by atoms with E-state index in [-0.39, 0.29) is 0 Å². The second-order valence-electron chi connectivity index (χ2n) is 3.96. The van der Waals surface area contributed by atoms with E-state index in [0.717, 1.165) is 15.9 Å². The Labute approximate surface area is 86.9 Å². The third-order valence-electron chi connectivity index (χ3n) is 1.86. The first-order valence-corrected chi connectivity index (χ1v) is 5.01. The Balaban J connectivity index is 3.01. The molecule has 74 valence electrons. The number of rotatable bonds is 2. The Morgan fingerprint density at radius 3 is 2.38 bits per heavy atom. The average Bonchev–Trinajstić information content (AvgIpc) is 2.14. The number of nitrogens with zero attached hydrogens (tertiary/aromatic N) is 2. The number of aryl methyl sites for hydroxylation is 2. The van der Waals surface area contributed by atoms with Crippen molar-refractivity contribution in [1.29, 1.82) is 0 Å². The lowest BCUT2D eigenvalue weighted by molar-refractivity contribution is 0.0787. The highest BCUT2D eigenvalue weighted by atomic mass is 79.9. The quantitative estimate of drug-likeness (QED) is 0.865. The fourth-order valence-electron chi connectivity index (χ4n) is 1.28. The van der Waals surface area contributed by atoms with Gasteiger partial charge < -0.3 is 5.11 Å². The summed E-state index contributed by atoms with van der Waals surface area (Å²) in [6, 6.07) is 0. The zero-order chi connectivity index (χ0) is 10.2. The van der Waals surface area contributed by atoms with Gasteiger partial charge in [-0.3, -0.25) is 4.68 Å². The van der Waals surface area contributed by atoms with E-state index < -0.39 is 5.60 Å². The van der Waals surface area contributed by atoms with E-state index >= 15 is 0 Å². The summed E-state index contributed by atoms with van der Waals surface area (Å²) in [7, 11) is 1.89. The molecular formula is C9H15BrN2O. The molecule has 1 aromatic rings. The van der Waals surface area contributed by atoms with Gasteiger partial charge in [-0.15, -0.1) is 0 Å². The molecular weight excluding hydrogens is 232 g/mol. The van der Waals surface area contributed by atoms with Crippen LogP contribution in [0.1, 0.15) is 25.2 Å². The van der Waals surface area contributed by atoms with Gasteiger partial charge in [0.25, 0.3) is 0 Å². The zero-order valence-corrected chi connectivity index (χ0v) is 10.0. The van der Waals surface area contributed by atoms with Crippen molar-refractivity contribution >= 4 is 15.9 Å². The molecule has 0 bridgehead atoms. The number of hydrogen-bond acceptors (Lipinski definition) is 2. The molecule has 4 heteroatoms. The second-order valence-corrected chi connectivity index (χ2v) is 4.75. The second kappa shape index (κ2) is 3.42. The smallest absolute Gasteiger partial charge is 0.0738 e. The highest BCUT2D eigenvalue weighted by molar-refractivity contribution is 9.10. The van der Waals surface area contributed by atoms with Crippen molar-refractivity contribution in [3.63, 3.8) is 0 Å². The van der Waals surface area contributed by atoms with Gasteiger partial charge in [-0.05, 0) is 36.7 Å². The van der Waals surface area contributed by atoms with Crippen molar-refractivity contribution < 1.29 is 5.11 Å². The summed E-state index contributed by atoms with van der Waals surface area (Å²) >= 11 is 3.46. The number of aromatic nitrogens is 2. The third-order valence-corrected chi connectivity index (χ3v) is 2.89. The topological polar surface area (TPSA) is 38.0 Å². The van der Waals surface area contributed by atoms with Gasteiger partial charge in [0.15, 0.2) is 0 Å². The Morgan fingerprint density at radius 1 is 1.54 bits per heavy atom. The van der Waals surface area contributed by atoms with Gasteiger partial charge in [0.05, 0.1) is 21.5 Å². The van der Waals surface area contributed by atoms with E-state index in [1.54, 1.807) is 18.5 Å². The summed E-state index contributed by atoms with van der Waals surface area (Å²) in [5, 5.41) is 13.9. The van der Waals surface area contributed by atoms with Crippen LogP contribution >= 0.6 is 15.9 Å². The SMILES string of the molecule is Cc1nn(C)c(CC(C)(C)O)c1Br. The summed E-state index contributed by atoms with van der Waals surface area (Å²) in [4.78, 5) is 0. The van der Waals surface area contributed by atoms with Crippen molar-refractivity contribution in [2.24, 2.45) is 7.05 Å². The van der Waals surface area contributed by atoms with Crippen molar-refractivity contribution in [2.75, 3.05) is 0 Å². The molecule has 0 fully saturated rings. The van der Waals surface area contributed by atoms with E-state index in [1.807, 2.05) is 14.0 Å². The van der Waals surface area contributed by atoms with Gasteiger partial charge in [0.2, 0.25) is 0 Å². The molecule has 0 unspecified atom stereocenters. The molecule has 1 N–H and O–H groups in total. The summed E-state index contributed by atoms with van der Waals surface area (Å²) in [6.07, 6.45) is 0.602. The first kappa shape index (κ1) is 10.7. The lowest BCUT2D eigenvalue weighted by Crippen LogP contribution is -2.23. The van der Waals surface area contributed by atoms with Crippen molar-refractivity contribution in [3.8, 4) is 0 Å². The molecule has 1 aromatic heterocycles. The lowest BCUT2D eigenvalue weighted by Gasteiger charge is -2.17. The van der Waals surface area contributed by atoms with Gasteiger partial charge in [0, 0.05) is 13.5 Å². The predicted octanol–water partition coefficient (Wildman–Crippen LogP) is 1.80. The number of aliphatic hydroxyl groups is 1. The van der Waals surface area contributed by atoms with Gasteiger partial charge in [-0.1, -0.05) is 0 Å². The molecule has 0 aliphatic rings. The van der Waals surface area contributed by atoms with Crippen LogP contribution in [0.3, 0.4) is 0 Å². The molecule has 0 aromatic carbocycles. The Bertz CT molecular complexity index is 312. The van der Waals surface area contributed by atoms with Crippen molar-refractivity contribution in [1.82, 2.24) is 9.78 Å². The van der Waals surface area contributed by atoms with Gasteiger partial charge >= 0.3 is 0 Å². The maximum Gasteiger partial charge on any atom is 0.0738 e. The lowest BCUT2D eigenvalue weighted by atomic mass is 10.0. The molecule has 13 heavy (non-hydrogen) atoms. The monoisotopic (exact) mass is 246 g/mol. The van der Waals surface area contributed by atoms with Crippen molar-refractivity contribution in [2.45, 2.75) is 32.8 Å². The summed E-state index contributed by atoms with van der Waals surface area (Å²) in [5.41, 5.74) is 1.30. The minimum Gasteiger partial charge on any atom is -0.390 e. The van der Waals surface area contributed by atoms with Crippen LogP contribution in [-0.2, 0) is 13.5 Å². The van der Waals surface area contributed by atoms with Crippen LogP contribution in [-0.4, -0.2) is 20.5 Å². The average molecular weight is 247 g/mol. The molecule has 0 aliphatic carbocycles. The van der Waals surface area contributed by atoms with Crippen LogP contribution in [0.15, 0.2) is 4.47 Å². The number of halogens is 1. The minimum atomic E-state index is -0.692. The third kappa shape index (κ3) is 2.54. The molecule has 0 radical (unpaired) electrons. The van der Waals surface area contributed by atoms with Crippen LogP contribution in [0, 0.1) is 6.92 Å². The van der Waals surface area contributed by atoms with Gasteiger partial charge in [-0.25, -0.2) is 0 Å². The van der Waals surface area contributed by atoms with Crippen molar-refractivity contribution in [3.05, 3.63) is 15.9 Å². The Kier molecular flexibility index (Phi) is 2.82. The largest absolute Gasteiger partial charge is 0.390 e. The van der Waals surface area contributed by atoms with E-state index in [2.05, 4.69) is 21.0 Å². The number of hydrogen-bond donors (Lipinski definition) is 1. The highest BCUT2D eigenvalue weighted by Gasteiger charge is 2.19.